The number of hydrogen-bond donors (Lipinski definition) is 2. The Labute approximate surface area is 154 Å². The molecule has 6 nitrogen and oxygen atoms in total. The molecule has 0 unspecified atom stereocenters. The van der Waals surface area contributed by atoms with Gasteiger partial charge in [0.25, 0.3) is 5.91 Å². The number of rotatable bonds is 4. The van der Waals surface area contributed by atoms with E-state index in [9.17, 15) is 4.79 Å². The average molecular weight is 354 g/mol. The van der Waals surface area contributed by atoms with E-state index in [1.165, 1.54) is 0 Å². The number of benzene rings is 1. The molecule has 0 bridgehead atoms. The summed E-state index contributed by atoms with van der Waals surface area (Å²) < 4.78 is 5.45. The van der Waals surface area contributed by atoms with Crippen LogP contribution in [0.3, 0.4) is 0 Å². The van der Waals surface area contributed by atoms with E-state index >= 15 is 0 Å². The molecule has 0 spiro atoms. The zero-order valence-electron chi connectivity index (χ0n) is 15.6. The zero-order chi connectivity index (χ0) is 18.6. The molecule has 3 rings (SSSR count). The van der Waals surface area contributed by atoms with Crippen molar-refractivity contribution in [3.63, 3.8) is 0 Å². The van der Waals surface area contributed by atoms with E-state index in [4.69, 9.17) is 4.74 Å². The Morgan fingerprint density at radius 1 is 1.15 bits per heavy atom. The minimum Gasteiger partial charge on any atom is -0.378 e. The number of carbonyl (C=O) groups excluding carboxylic acids is 1. The van der Waals surface area contributed by atoms with Gasteiger partial charge < -0.3 is 20.3 Å². The number of pyridine rings is 1. The molecule has 1 fully saturated rings. The van der Waals surface area contributed by atoms with E-state index in [2.05, 4.69) is 26.6 Å². The quantitative estimate of drug-likeness (QED) is 0.883. The monoisotopic (exact) mass is 354 g/mol. The molecule has 1 aromatic carbocycles. The predicted octanol–water partition coefficient (Wildman–Crippen LogP) is 3.19. The number of hydrogen-bond acceptors (Lipinski definition) is 5. The normalized spacial score (nSPS) is 14.8. The number of ether oxygens (including phenoxy) is 1. The topological polar surface area (TPSA) is 66.5 Å². The van der Waals surface area contributed by atoms with Crippen LogP contribution in [-0.4, -0.2) is 42.7 Å². The number of carbonyl (C=O) groups is 1. The number of nitrogens with one attached hydrogen (secondary N) is 2. The Hall–Kier alpha value is -2.60. The lowest BCUT2D eigenvalue weighted by molar-refractivity contribution is 0.0914. The van der Waals surface area contributed by atoms with Crippen molar-refractivity contribution in [2.75, 3.05) is 36.5 Å². The lowest BCUT2D eigenvalue weighted by atomic mass is 10.1. The molecule has 1 aromatic heterocycles. The van der Waals surface area contributed by atoms with Gasteiger partial charge in [-0.05, 0) is 45.0 Å². The van der Waals surface area contributed by atoms with Crippen LogP contribution in [0.4, 0.5) is 17.1 Å². The summed E-state index contributed by atoms with van der Waals surface area (Å²) in [6.07, 6.45) is 1.65. The Balaban J connectivity index is 1.79. The summed E-state index contributed by atoms with van der Waals surface area (Å²) in [6, 6.07) is 11.8. The number of amides is 1. The third kappa shape index (κ3) is 4.73. The fourth-order valence-corrected chi connectivity index (χ4v) is 2.85. The van der Waals surface area contributed by atoms with E-state index in [-0.39, 0.29) is 11.4 Å². The van der Waals surface area contributed by atoms with Gasteiger partial charge in [-0.15, -0.1) is 0 Å². The van der Waals surface area contributed by atoms with Gasteiger partial charge in [0, 0.05) is 30.5 Å². The number of aromatic nitrogens is 1. The average Bonchev–Trinajstić information content (AvgIpc) is 2.62. The van der Waals surface area contributed by atoms with Crippen LogP contribution < -0.4 is 15.5 Å². The molecule has 2 N–H and O–H groups in total. The van der Waals surface area contributed by atoms with Gasteiger partial charge in [-0.25, -0.2) is 0 Å². The Morgan fingerprint density at radius 3 is 2.62 bits per heavy atom. The number of anilines is 3. The van der Waals surface area contributed by atoms with Crippen LogP contribution in [0.25, 0.3) is 0 Å². The van der Waals surface area contributed by atoms with E-state index < -0.39 is 0 Å². The van der Waals surface area contributed by atoms with Crippen LogP contribution in [0.5, 0.6) is 0 Å². The van der Waals surface area contributed by atoms with Crippen molar-refractivity contribution in [3.05, 3.63) is 48.3 Å². The molecule has 6 heteroatoms. The standard InChI is InChI=1S/C20H26N4O2/c1-20(2,3)23-19(25)17-14-15(8-9-21-17)22-16-6-4-5-7-18(16)24-10-12-26-13-11-24/h4-9,14H,10-13H2,1-3H3,(H,21,22)(H,23,25). The van der Waals surface area contributed by atoms with Crippen LogP contribution in [0.2, 0.25) is 0 Å². The molecule has 0 radical (unpaired) electrons. The Bertz CT molecular complexity index is 764. The molecular formula is C20H26N4O2. The van der Waals surface area contributed by atoms with Crippen LogP contribution in [0.1, 0.15) is 31.3 Å². The van der Waals surface area contributed by atoms with Gasteiger partial charge in [-0.2, -0.15) is 0 Å². The highest BCUT2D eigenvalue weighted by atomic mass is 16.5. The Morgan fingerprint density at radius 2 is 1.88 bits per heavy atom. The summed E-state index contributed by atoms with van der Waals surface area (Å²) in [5.41, 5.74) is 3.06. The maximum absolute atomic E-state index is 12.4. The van der Waals surface area contributed by atoms with Gasteiger partial charge in [0.05, 0.1) is 24.6 Å². The molecule has 1 aliphatic rings. The van der Waals surface area contributed by atoms with Crippen LogP contribution in [0, 0.1) is 0 Å². The lowest BCUT2D eigenvalue weighted by Gasteiger charge is -2.30. The molecule has 0 aliphatic carbocycles. The SMILES string of the molecule is CC(C)(C)NC(=O)c1cc(Nc2ccccc2N2CCOCC2)ccn1. The highest BCUT2D eigenvalue weighted by Crippen LogP contribution is 2.29. The fraction of sp³-hybridized carbons (Fsp3) is 0.400. The van der Waals surface area contributed by atoms with Gasteiger partial charge in [0.15, 0.2) is 0 Å². The molecule has 0 saturated carbocycles. The lowest BCUT2D eigenvalue weighted by Crippen LogP contribution is -2.40. The number of nitrogens with zero attached hydrogens (tertiary/aromatic N) is 2. The first-order valence-electron chi connectivity index (χ1n) is 8.90. The fourth-order valence-electron chi connectivity index (χ4n) is 2.85. The second-order valence-corrected chi connectivity index (χ2v) is 7.38. The first kappa shape index (κ1) is 18.2. The minimum atomic E-state index is -0.300. The summed E-state index contributed by atoms with van der Waals surface area (Å²) in [5, 5.41) is 6.36. The Kier molecular flexibility index (Phi) is 5.42. The van der Waals surface area contributed by atoms with Crippen LogP contribution in [-0.2, 0) is 4.74 Å². The molecule has 1 saturated heterocycles. The van der Waals surface area contributed by atoms with E-state index in [0.717, 1.165) is 43.4 Å². The molecule has 2 heterocycles. The number of morpholine rings is 1. The summed E-state index contributed by atoms with van der Waals surface area (Å²) >= 11 is 0. The summed E-state index contributed by atoms with van der Waals surface area (Å²) in [5.74, 6) is -0.178. The largest absolute Gasteiger partial charge is 0.378 e. The van der Waals surface area contributed by atoms with Crippen molar-refractivity contribution in [1.82, 2.24) is 10.3 Å². The third-order valence-electron chi connectivity index (χ3n) is 4.02. The molecule has 0 atom stereocenters. The van der Waals surface area contributed by atoms with Crippen LogP contribution in [0.15, 0.2) is 42.6 Å². The van der Waals surface area contributed by atoms with Crippen molar-refractivity contribution >= 4 is 23.0 Å². The van der Waals surface area contributed by atoms with Crippen molar-refractivity contribution < 1.29 is 9.53 Å². The highest BCUT2D eigenvalue weighted by Gasteiger charge is 2.17. The van der Waals surface area contributed by atoms with E-state index in [0.29, 0.717) is 5.69 Å². The van der Waals surface area contributed by atoms with E-state index in [1.807, 2.05) is 45.0 Å². The van der Waals surface area contributed by atoms with Gasteiger partial charge in [-0.3, -0.25) is 9.78 Å². The molecule has 138 valence electrons. The minimum absolute atomic E-state index is 0.178. The second kappa shape index (κ2) is 7.74. The van der Waals surface area contributed by atoms with Gasteiger partial charge in [-0.1, -0.05) is 12.1 Å². The van der Waals surface area contributed by atoms with Gasteiger partial charge >= 0.3 is 0 Å². The number of para-hydroxylation sites is 2. The predicted molar refractivity (Wildman–Crippen MR) is 104 cm³/mol. The summed E-state index contributed by atoms with van der Waals surface area (Å²) in [6.45, 7) is 9.06. The summed E-state index contributed by atoms with van der Waals surface area (Å²) in [4.78, 5) is 18.9. The van der Waals surface area contributed by atoms with Crippen molar-refractivity contribution in [1.29, 1.82) is 0 Å². The van der Waals surface area contributed by atoms with Gasteiger partial charge in [0.2, 0.25) is 0 Å². The smallest absolute Gasteiger partial charge is 0.270 e. The zero-order valence-corrected chi connectivity index (χ0v) is 15.6. The molecule has 1 amide bonds. The first-order chi connectivity index (χ1) is 12.4. The molecular weight excluding hydrogens is 328 g/mol. The maximum Gasteiger partial charge on any atom is 0.270 e. The van der Waals surface area contributed by atoms with Crippen molar-refractivity contribution in [2.24, 2.45) is 0 Å². The van der Waals surface area contributed by atoms with E-state index in [1.54, 1.807) is 12.3 Å². The first-order valence-corrected chi connectivity index (χ1v) is 8.90. The molecule has 26 heavy (non-hydrogen) atoms. The van der Waals surface area contributed by atoms with Gasteiger partial charge in [0.1, 0.15) is 5.69 Å². The summed E-state index contributed by atoms with van der Waals surface area (Å²) in [7, 11) is 0. The van der Waals surface area contributed by atoms with Crippen molar-refractivity contribution in [3.8, 4) is 0 Å². The second-order valence-electron chi connectivity index (χ2n) is 7.38. The highest BCUT2D eigenvalue weighted by molar-refractivity contribution is 5.93. The van der Waals surface area contributed by atoms with Crippen molar-refractivity contribution in [2.45, 2.75) is 26.3 Å². The maximum atomic E-state index is 12.4. The van der Waals surface area contributed by atoms with Crippen LogP contribution >= 0.6 is 0 Å². The molecule has 1 aliphatic heterocycles. The third-order valence-corrected chi connectivity index (χ3v) is 4.02. The molecule has 2 aromatic rings.